The molecule has 2 N–H and O–H groups in total. The van der Waals surface area contributed by atoms with Crippen molar-refractivity contribution in [1.29, 1.82) is 15.8 Å². The Balaban J connectivity index is 2.10. The first-order valence-corrected chi connectivity index (χ1v) is 7.22. The summed E-state index contributed by atoms with van der Waals surface area (Å²) in [5.41, 5.74) is 0.712. The van der Waals surface area contributed by atoms with Gasteiger partial charge in [-0.3, -0.25) is 4.79 Å². The topological polar surface area (TPSA) is 112 Å². The van der Waals surface area contributed by atoms with Gasteiger partial charge in [-0.2, -0.15) is 15.8 Å². The maximum absolute atomic E-state index is 11.9. The summed E-state index contributed by atoms with van der Waals surface area (Å²) in [5, 5.41) is 33.8. The molecule has 0 aliphatic rings. The number of allylic oxidation sites excluding steroid dienone is 2. The Hall–Kier alpha value is -3.60. The molecule has 0 atom stereocenters. The number of hydrogen-bond donors (Lipinski definition) is 2. The molecule has 1 amide bonds. The summed E-state index contributed by atoms with van der Waals surface area (Å²) < 4.78 is 0. The van der Waals surface area contributed by atoms with Crippen LogP contribution in [-0.4, -0.2) is 5.91 Å². The van der Waals surface area contributed by atoms with E-state index in [1.54, 1.807) is 54.6 Å². The molecule has 0 spiro atoms. The van der Waals surface area contributed by atoms with E-state index < -0.39 is 0 Å². The molecule has 1 aromatic heterocycles. The molecular formula is C16H9N5OS. The summed E-state index contributed by atoms with van der Waals surface area (Å²) in [6.07, 6.45) is 0. The predicted molar refractivity (Wildman–Crippen MR) is 86.2 cm³/mol. The molecule has 1 heterocycles. The molecule has 0 saturated carbocycles. The Kier molecular flexibility index (Phi) is 5.09. The summed E-state index contributed by atoms with van der Waals surface area (Å²) in [6, 6.07) is 15.2. The number of anilines is 2. The summed E-state index contributed by atoms with van der Waals surface area (Å²) in [6.45, 7) is 0. The van der Waals surface area contributed by atoms with Crippen LogP contribution in [0.1, 0.15) is 9.67 Å². The maximum atomic E-state index is 11.9. The van der Waals surface area contributed by atoms with E-state index in [-0.39, 0.29) is 17.2 Å². The van der Waals surface area contributed by atoms with Crippen LogP contribution in [0.2, 0.25) is 0 Å². The molecule has 0 aliphatic carbocycles. The zero-order valence-corrected chi connectivity index (χ0v) is 12.5. The average molecular weight is 319 g/mol. The molecule has 2 aromatic rings. The zero-order valence-electron chi connectivity index (χ0n) is 11.7. The molecule has 110 valence electrons. The van der Waals surface area contributed by atoms with Crippen LogP contribution in [0.3, 0.4) is 0 Å². The molecule has 0 radical (unpaired) electrons. The molecule has 0 saturated heterocycles. The molecular weight excluding hydrogens is 310 g/mol. The van der Waals surface area contributed by atoms with Gasteiger partial charge in [0.15, 0.2) is 5.57 Å². The number of nitrogens with one attached hydrogen (secondary N) is 2. The van der Waals surface area contributed by atoms with Crippen molar-refractivity contribution in [2.75, 3.05) is 10.6 Å². The third-order valence-corrected chi connectivity index (χ3v) is 3.61. The van der Waals surface area contributed by atoms with E-state index in [1.807, 2.05) is 5.38 Å². The van der Waals surface area contributed by atoms with E-state index in [0.717, 1.165) is 0 Å². The predicted octanol–water partition coefficient (Wildman–Crippen LogP) is 3.24. The summed E-state index contributed by atoms with van der Waals surface area (Å²) in [7, 11) is 0. The quantitative estimate of drug-likeness (QED) is 0.840. The second-order valence-electron chi connectivity index (χ2n) is 4.22. The maximum Gasteiger partial charge on any atom is 0.265 e. The molecule has 0 aliphatic heterocycles. The van der Waals surface area contributed by atoms with Gasteiger partial charge in [0.25, 0.3) is 5.91 Å². The Bertz CT molecular complexity index is 845. The van der Waals surface area contributed by atoms with Gasteiger partial charge >= 0.3 is 0 Å². The normalized spacial score (nSPS) is 8.91. The van der Waals surface area contributed by atoms with Crippen molar-refractivity contribution in [3.8, 4) is 18.2 Å². The molecule has 23 heavy (non-hydrogen) atoms. The molecule has 2 rings (SSSR count). The lowest BCUT2D eigenvalue weighted by atomic mass is 10.2. The lowest BCUT2D eigenvalue weighted by Crippen LogP contribution is -2.10. The van der Waals surface area contributed by atoms with Gasteiger partial charge in [0.2, 0.25) is 0 Å². The fraction of sp³-hybridized carbons (Fsp3) is 0. The average Bonchev–Trinajstić information content (AvgIpc) is 3.11. The molecule has 0 unspecified atom stereocenters. The Labute approximate surface area is 136 Å². The lowest BCUT2D eigenvalue weighted by Gasteiger charge is -2.07. The lowest BCUT2D eigenvalue weighted by molar-refractivity contribution is 0.103. The van der Waals surface area contributed by atoms with Crippen LogP contribution in [0.4, 0.5) is 11.4 Å². The largest absolute Gasteiger partial charge is 0.345 e. The third-order valence-electron chi connectivity index (χ3n) is 2.74. The van der Waals surface area contributed by atoms with Gasteiger partial charge in [0.05, 0.1) is 4.88 Å². The molecule has 6 nitrogen and oxygen atoms in total. The van der Waals surface area contributed by atoms with Crippen LogP contribution in [0.15, 0.2) is 53.0 Å². The van der Waals surface area contributed by atoms with E-state index in [4.69, 9.17) is 15.8 Å². The minimum atomic E-state index is -0.289. The number of rotatable bonds is 4. The van der Waals surface area contributed by atoms with Crippen LogP contribution in [-0.2, 0) is 0 Å². The fourth-order valence-corrected chi connectivity index (χ4v) is 2.28. The molecule has 0 fully saturated rings. The zero-order chi connectivity index (χ0) is 16.7. The standard InChI is InChI=1S/C16H9N5OS/c17-8-11(9-18)14(10-19)20-12-3-5-13(6-4-12)21-16(22)15-2-1-7-23-15/h1-7,20H,(H,21,22). The van der Waals surface area contributed by atoms with Crippen molar-refractivity contribution >= 4 is 28.6 Å². The SMILES string of the molecule is N#CC(C#N)=C(C#N)Nc1ccc(NC(=O)c2cccs2)cc1. The van der Waals surface area contributed by atoms with E-state index >= 15 is 0 Å². The van der Waals surface area contributed by atoms with Crippen molar-refractivity contribution in [3.05, 3.63) is 57.9 Å². The van der Waals surface area contributed by atoms with Crippen molar-refractivity contribution in [3.63, 3.8) is 0 Å². The highest BCUT2D eigenvalue weighted by molar-refractivity contribution is 7.12. The smallest absolute Gasteiger partial charge is 0.265 e. The number of amides is 1. The molecule has 1 aromatic carbocycles. The third kappa shape index (κ3) is 3.95. The van der Waals surface area contributed by atoms with E-state index in [0.29, 0.717) is 16.3 Å². The highest BCUT2D eigenvalue weighted by atomic mass is 32.1. The van der Waals surface area contributed by atoms with Gasteiger partial charge in [-0.25, -0.2) is 0 Å². The Morgan fingerprint density at radius 3 is 2.00 bits per heavy atom. The van der Waals surface area contributed by atoms with Gasteiger partial charge in [-0.15, -0.1) is 11.3 Å². The summed E-state index contributed by atoms with van der Waals surface area (Å²) in [4.78, 5) is 12.5. The first-order chi connectivity index (χ1) is 11.2. The monoisotopic (exact) mass is 319 g/mol. The number of hydrogen-bond acceptors (Lipinski definition) is 6. The van der Waals surface area contributed by atoms with Crippen LogP contribution in [0.25, 0.3) is 0 Å². The molecule has 7 heteroatoms. The number of carbonyl (C=O) groups excluding carboxylic acids is 1. The number of thiophene rings is 1. The highest BCUT2D eigenvalue weighted by Crippen LogP contribution is 2.18. The minimum Gasteiger partial charge on any atom is -0.345 e. The van der Waals surface area contributed by atoms with Crippen molar-refractivity contribution in [1.82, 2.24) is 0 Å². The van der Waals surface area contributed by atoms with Crippen molar-refractivity contribution < 1.29 is 4.79 Å². The number of benzene rings is 1. The van der Waals surface area contributed by atoms with Crippen molar-refractivity contribution in [2.24, 2.45) is 0 Å². The number of nitrogens with zero attached hydrogens (tertiary/aromatic N) is 3. The van der Waals surface area contributed by atoms with Crippen LogP contribution < -0.4 is 10.6 Å². The second-order valence-corrected chi connectivity index (χ2v) is 5.17. The molecule has 0 bridgehead atoms. The summed E-state index contributed by atoms with van der Waals surface area (Å²) >= 11 is 1.35. The fourth-order valence-electron chi connectivity index (χ4n) is 1.66. The van der Waals surface area contributed by atoms with Gasteiger partial charge in [-0.1, -0.05) is 6.07 Å². The van der Waals surface area contributed by atoms with Gasteiger partial charge in [0.1, 0.15) is 23.9 Å². The Morgan fingerprint density at radius 2 is 1.52 bits per heavy atom. The van der Waals surface area contributed by atoms with Gasteiger partial charge < -0.3 is 10.6 Å². The van der Waals surface area contributed by atoms with E-state index in [2.05, 4.69) is 10.6 Å². The number of carbonyl (C=O) groups is 1. The van der Waals surface area contributed by atoms with Gasteiger partial charge in [-0.05, 0) is 35.7 Å². The van der Waals surface area contributed by atoms with Crippen LogP contribution in [0.5, 0.6) is 0 Å². The number of nitriles is 3. The van der Waals surface area contributed by atoms with Crippen LogP contribution >= 0.6 is 11.3 Å². The summed E-state index contributed by atoms with van der Waals surface area (Å²) in [5.74, 6) is -0.199. The van der Waals surface area contributed by atoms with E-state index in [1.165, 1.54) is 11.3 Å². The Morgan fingerprint density at radius 1 is 0.913 bits per heavy atom. The van der Waals surface area contributed by atoms with Crippen molar-refractivity contribution in [2.45, 2.75) is 0 Å². The minimum absolute atomic E-state index is 0.120. The van der Waals surface area contributed by atoms with E-state index in [9.17, 15) is 4.79 Å². The first kappa shape index (κ1) is 15.8. The van der Waals surface area contributed by atoms with Gasteiger partial charge in [0, 0.05) is 11.4 Å². The second kappa shape index (κ2) is 7.42. The first-order valence-electron chi connectivity index (χ1n) is 6.34. The van der Waals surface area contributed by atoms with Crippen LogP contribution in [0, 0.1) is 34.0 Å². The highest BCUT2D eigenvalue weighted by Gasteiger charge is 2.08.